The first-order chi connectivity index (χ1) is 8.06. The Morgan fingerprint density at radius 2 is 2.00 bits per heavy atom. The van der Waals surface area contributed by atoms with Gasteiger partial charge in [-0.05, 0) is 17.7 Å². The maximum atomic E-state index is 11.4. The predicted molar refractivity (Wildman–Crippen MR) is 65.7 cm³/mol. The van der Waals surface area contributed by atoms with Crippen molar-refractivity contribution in [2.45, 2.75) is 11.7 Å². The Labute approximate surface area is 110 Å². The summed E-state index contributed by atoms with van der Waals surface area (Å²) in [6, 6.07) is 3.38. The highest BCUT2D eigenvalue weighted by Gasteiger charge is 2.09. The van der Waals surface area contributed by atoms with Crippen molar-refractivity contribution in [1.82, 2.24) is 19.7 Å². The largest absolute Gasteiger partial charge is 0.302 e. The lowest BCUT2D eigenvalue weighted by molar-refractivity contribution is 0.653. The van der Waals surface area contributed by atoms with Gasteiger partial charge < -0.3 is 4.57 Å². The molecule has 0 aliphatic rings. The molecule has 17 heavy (non-hydrogen) atoms. The van der Waals surface area contributed by atoms with Crippen molar-refractivity contribution in [2.75, 3.05) is 6.26 Å². The van der Waals surface area contributed by atoms with Gasteiger partial charge in [0, 0.05) is 6.26 Å². The van der Waals surface area contributed by atoms with Gasteiger partial charge in [0.25, 0.3) is 0 Å². The maximum absolute atomic E-state index is 11.4. The van der Waals surface area contributed by atoms with E-state index in [1.54, 1.807) is 23.0 Å². The molecule has 0 saturated heterocycles. The summed E-state index contributed by atoms with van der Waals surface area (Å²) in [7, 11) is -1.19. The maximum Gasteiger partial charge on any atom is 0.221 e. The lowest BCUT2D eigenvalue weighted by Gasteiger charge is -2.05. The SMILES string of the molecule is C[S@@](=O)c1nncn1Cc1cc(Cl)nc(Cl)c1. The van der Waals surface area contributed by atoms with Crippen molar-refractivity contribution in [3.8, 4) is 0 Å². The monoisotopic (exact) mass is 290 g/mol. The van der Waals surface area contributed by atoms with Crippen molar-refractivity contribution in [2.24, 2.45) is 0 Å². The Balaban J connectivity index is 2.31. The molecule has 0 aromatic carbocycles. The van der Waals surface area contributed by atoms with Crippen LogP contribution in [0.1, 0.15) is 5.56 Å². The molecule has 0 aliphatic heterocycles. The van der Waals surface area contributed by atoms with Crippen molar-refractivity contribution in [3.63, 3.8) is 0 Å². The number of nitrogens with zero attached hydrogens (tertiary/aromatic N) is 4. The zero-order valence-electron chi connectivity index (χ0n) is 8.80. The molecule has 0 unspecified atom stereocenters. The number of aromatic nitrogens is 4. The summed E-state index contributed by atoms with van der Waals surface area (Å²) in [5.41, 5.74) is 0.849. The highest BCUT2D eigenvalue weighted by molar-refractivity contribution is 7.84. The molecule has 8 heteroatoms. The first kappa shape index (κ1) is 12.5. The van der Waals surface area contributed by atoms with Crippen LogP contribution in [0, 0.1) is 0 Å². The molecule has 5 nitrogen and oxygen atoms in total. The number of hydrogen-bond donors (Lipinski definition) is 0. The van der Waals surface area contributed by atoms with Crippen LogP contribution < -0.4 is 0 Å². The summed E-state index contributed by atoms with van der Waals surface area (Å²) in [4.78, 5) is 3.85. The highest BCUT2D eigenvalue weighted by Crippen LogP contribution is 2.16. The standard InChI is InChI=1S/C9H8Cl2N4OS/c1-17(16)9-14-12-5-15(9)4-6-2-7(10)13-8(11)3-6/h2-3,5H,4H2,1H3/t17-/m1/s1. The summed E-state index contributed by atoms with van der Waals surface area (Å²) < 4.78 is 13.1. The number of pyridine rings is 1. The van der Waals surface area contributed by atoms with E-state index in [1.165, 1.54) is 6.33 Å². The van der Waals surface area contributed by atoms with E-state index in [2.05, 4.69) is 15.2 Å². The van der Waals surface area contributed by atoms with Crippen LogP contribution in [-0.4, -0.2) is 30.2 Å². The second kappa shape index (κ2) is 5.12. The van der Waals surface area contributed by atoms with Gasteiger partial charge in [-0.2, -0.15) is 0 Å². The minimum Gasteiger partial charge on any atom is -0.302 e. The molecule has 0 aliphatic carbocycles. The molecule has 0 bridgehead atoms. The van der Waals surface area contributed by atoms with Crippen LogP contribution in [0.2, 0.25) is 10.3 Å². The zero-order chi connectivity index (χ0) is 12.4. The molecule has 0 amide bonds. The van der Waals surface area contributed by atoms with Crippen molar-refractivity contribution in [1.29, 1.82) is 0 Å². The van der Waals surface area contributed by atoms with Crippen molar-refractivity contribution < 1.29 is 4.21 Å². The van der Waals surface area contributed by atoms with Crippen LogP contribution in [0.3, 0.4) is 0 Å². The van der Waals surface area contributed by atoms with Gasteiger partial charge in [-0.3, -0.25) is 4.21 Å². The third kappa shape index (κ3) is 3.02. The molecule has 0 radical (unpaired) electrons. The third-order valence-corrected chi connectivity index (χ3v) is 3.23. The van der Waals surface area contributed by atoms with Gasteiger partial charge in [-0.15, -0.1) is 10.2 Å². The van der Waals surface area contributed by atoms with E-state index in [9.17, 15) is 4.21 Å². The van der Waals surface area contributed by atoms with E-state index >= 15 is 0 Å². The van der Waals surface area contributed by atoms with Gasteiger partial charge in [0.2, 0.25) is 5.16 Å². The minimum atomic E-state index is -1.19. The fourth-order valence-corrected chi connectivity index (χ4v) is 2.49. The third-order valence-electron chi connectivity index (χ3n) is 2.01. The van der Waals surface area contributed by atoms with Crippen LogP contribution in [0.15, 0.2) is 23.6 Å². The zero-order valence-corrected chi connectivity index (χ0v) is 11.1. The summed E-state index contributed by atoms with van der Waals surface area (Å²) in [5.74, 6) is 0. The second-order valence-corrected chi connectivity index (χ2v) is 5.36. The summed E-state index contributed by atoms with van der Waals surface area (Å²) in [6.07, 6.45) is 3.06. The van der Waals surface area contributed by atoms with Gasteiger partial charge in [0.1, 0.15) is 16.6 Å². The number of halogens is 2. The van der Waals surface area contributed by atoms with E-state index in [4.69, 9.17) is 23.2 Å². The van der Waals surface area contributed by atoms with Crippen LogP contribution in [0.5, 0.6) is 0 Å². The number of hydrogen-bond acceptors (Lipinski definition) is 4. The first-order valence-electron chi connectivity index (χ1n) is 4.59. The summed E-state index contributed by atoms with van der Waals surface area (Å²) in [6.45, 7) is 0.448. The lowest BCUT2D eigenvalue weighted by Crippen LogP contribution is -2.05. The van der Waals surface area contributed by atoms with Gasteiger partial charge in [0.05, 0.1) is 17.3 Å². The topological polar surface area (TPSA) is 60.7 Å². The fraction of sp³-hybridized carbons (Fsp3) is 0.222. The van der Waals surface area contributed by atoms with E-state index in [1.807, 2.05) is 0 Å². The van der Waals surface area contributed by atoms with Crippen LogP contribution in [0.4, 0.5) is 0 Å². The average molecular weight is 291 g/mol. The Hall–Kier alpha value is -0.980. The van der Waals surface area contributed by atoms with Gasteiger partial charge in [-0.1, -0.05) is 23.2 Å². The highest BCUT2D eigenvalue weighted by atomic mass is 35.5. The van der Waals surface area contributed by atoms with Gasteiger partial charge in [-0.25, -0.2) is 4.98 Å². The first-order valence-corrected chi connectivity index (χ1v) is 6.91. The number of rotatable bonds is 3. The summed E-state index contributed by atoms with van der Waals surface area (Å²) >= 11 is 11.6. The van der Waals surface area contributed by atoms with E-state index in [0.717, 1.165) is 5.56 Å². The van der Waals surface area contributed by atoms with Crippen LogP contribution in [0.25, 0.3) is 0 Å². The van der Waals surface area contributed by atoms with E-state index < -0.39 is 10.8 Å². The predicted octanol–water partition coefficient (Wildman–Crippen LogP) is 1.77. The Bertz CT molecular complexity index is 552. The smallest absolute Gasteiger partial charge is 0.221 e. The molecule has 0 fully saturated rings. The average Bonchev–Trinajstić information content (AvgIpc) is 2.63. The second-order valence-electron chi connectivity index (χ2n) is 3.32. The molecule has 2 aromatic rings. The van der Waals surface area contributed by atoms with Crippen molar-refractivity contribution in [3.05, 3.63) is 34.3 Å². The van der Waals surface area contributed by atoms with Crippen LogP contribution >= 0.6 is 23.2 Å². The molecule has 2 rings (SSSR count). The molecular weight excluding hydrogens is 283 g/mol. The Morgan fingerprint density at radius 3 is 2.59 bits per heavy atom. The quantitative estimate of drug-likeness (QED) is 0.809. The molecule has 0 saturated carbocycles. The Kier molecular flexibility index (Phi) is 3.76. The van der Waals surface area contributed by atoms with Crippen LogP contribution in [-0.2, 0) is 17.3 Å². The van der Waals surface area contributed by atoms with Gasteiger partial charge in [0.15, 0.2) is 0 Å². The molecule has 2 aromatic heterocycles. The van der Waals surface area contributed by atoms with Gasteiger partial charge >= 0.3 is 0 Å². The summed E-state index contributed by atoms with van der Waals surface area (Å²) in [5, 5.41) is 8.56. The Morgan fingerprint density at radius 1 is 1.35 bits per heavy atom. The normalized spacial score (nSPS) is 12.6. The lowest BCUT2D eigenvalue weighted by atomic mass is 10.3. The molecular formula is C9H8Cl2N4OS. The molecule has 0 spiro atoms. The fourth-order valence-electron chi connectivity index (χ4n) is 1.38. The molecule has 90 valence electrons. The molecule has 1 atom stereocenters. The molecule has 0 N–H and O–H groups in total. The van der Waals surface area contributed by atoms with E-state index in [0.29, 0.717) is 22.0 Å². The minimum absolute atomic E-state index is 0.319. The van der Waals surface area contributed by atoms with Crippen molar-refractivity contribution >= 4 is 34.0 Å². The van der Waals surface area contributed by atoms with E-state index in [-0.39, 0.29) is 0 Å². The molecule has 2 heterocycles.